The highest BCUT2D eigenvalue weighted by Crippen LogP contribution is 2.17. The quantitative estimate of drug-likeness (QED) is 0.817. The van der Waals surface area contributed by atoms with Gasteiger partial charge in [-0.3, -0.25) is 0 Å². The predicted octanol–water partition coefficient (Wildman–Crippen LogP) is 2.14. The van der Waals surface area contributed by atoms with Gasteiger partial charge in [-0.15, -0.1) is 12.4 Å². The summed E-state index contributed by atoms with van der Waals surface area (Å²) in [6, 6.07) is 9.88. The van der Waals surface area contributed by atoms with Gasteiger partial charge in [0.1, 0.15) is 0 Å². The Morgan fingerprint density at radius 2 is 1.86 bits per heavy atom. The van der Waals surface area contributed by atoms with Crippen molar-refractivity contribution in [2.45, 2.75) is 25.5 Å². The van der Waals surface area contributed by atoms with Crippen molar-refractivity contribution >= 4 is 12.4 Å². The number of aliphatic hydroxyl groups is 1. The maximum absolute atomic E-state index is 9.92. The van der Waals surface area contributed by atoms with Crippen molar-refractivity contribution in [3.63, 3.8) is 0 Å². The Kier molecular flexibility index (Phi) is 6.54. The van der Waals surface area contributed by atoms with Crippen LogP contribution in [0.3, 0.4) is 0 Å². The Morgan fingerprint density at radius 1 is 1.29 bits per heavy atom. The average molecular weight is 222 g/mol. The molecule has 0 radical (unpaired) electrons. The SMILES string of the molecule is CCC(NC)C(O)[13c]1[13cH][13cH][13cH][13cH][13cH]1.Cl. The van der Waals surface area contributed by atoms with E-state index in [-0.39, 0.29) is 18.4 Å². The van der Waals surface area contributed by atoms with Gasteiger partial charge in [0, 0.05) is 6.04 Å². The normalized spacial score (nSPS) is 14.2. The van der Waals surface area contributed by atoms with Gasteiger partial charge in [0.25, 0.3) is 0 Å². The summed E-state index contributed by atoms with van der Waals surface area (Å²) in [6.07, 6.45) is 0.517. The molecule has 2 unspecified atom stereocenters. The summed E-state index contributed by atoms with van der Waals surface area (Å²) in [7, 11) is 1.88. The lowest BCUT2D eigenvalue weighted by molar-refractivity contribution is 0.130. The van der Waals surface area contributed by atoms with E-state index >= 15 is 0 Å². The molecule has 2 N–H and O–H groups in total. The van der Waals surface area contributed by atoms with Crippen LogP contribution in [0.5, 0.6) is 0 Å². The molecule has 0 aliphatic heterocycles. The maximum atomic E-state index is 9.92. The summed E-state index contributed by atoms with van der Waals surface area (Å²) < 4.78 is 0. The van der Waals surface area contributed by atoms with Crippen LogP contribution in [0.15, 0.2) is 30.3 Å². The number of hydrogen-bond donors (Lipinski definition) is 2. The van der Waals surface area contributed by atoms with E-state index < -0.39 is 6.10 Å². The second kappa shape index (κ2) is 6.82. The maximum Gasteiger partial charge on any atom is 0.0942 e. The van der Waals surface area contributed by atoms with Crippen LogP contribution in [0.4, 0.5) is 0 Å². The smallest absolute Gasteiger partial charge is 0.0942 e. The first kappa shape index (κ1) is 13.4. The van der Waals surface area contributed by atoms with Gasteiger partial charge in [0.15, 0.2) is 0 Å². The predicted molar refractivity (Wildman–Crippen MR) is 61.8 cm³/mol. The number of aliphatic hydroxyl groups excluding tert-OH is 1. The number of halogens is 1. The fourth-order valence-electron chi connectivity index (χ4n) is 1.47. The second-order valence-corrected chi connectivity index (χ2v) is 3.16. The Balaban J connectivity index is 0.00000169. The van der Waals surface area contributed by atoms with E-state index in [1.54, 1.807) is 0 Å². The number of hydrogen-bond acceptors (Lipinski definition) is 2. The molecule has 0 spiro atoms. The minimum atomic E-state index is -0.406. The Bertz CT molecular complexity index is 236. The molecule has 0 saturated carbocycles. The van der Waals surface area contributed by atoms with Crippen LogP contribution in [0, 0.1) is 0 Å². The Hall–Kier alpha value is -0.570. The van der Waals surface area contributed by atoms with Crippen molar-refractivity contribution in [3.05, 3.63) is 35.9 Å². The van der Waals surface area contributed by atoms with Crippen molar-refractivity contribution in [1.29, 1.82) is 0 Å². The second-order valence-electron chi connectivity index (χ2n) is 3.16. The molecule has 0 aromatic heterocycles. The molecule has 0 aliphatic carbocycles. The van der Waals surface area contributed by atoms with E-state index in [1.165, 1.54) is 0 Å². The summed E-state index contributed by atoms with van der Waals surface area (Å²) in [5, 5.41) is 13.0. The van der Waals surface area contributed by atoms with Crippen molar-refractivity contribution in [3.8, 4) is 0 Å². The van der Waals surface area contributed by atoms with Crippen molar-refractivity contribution in [2.24, 2.45) is 0 Å². The van der Waals surface area contributed by atoms with Crippen LogP contribution >= 0.6 is 12.4 Å². The summed E-state index contributed by atoms with van der Waals surface area (Å²) in [5.74, 6) is 0. The highest BCUT2D eigenvalue weighted by molar-refractivity contribution is 5.85. The monoisotopic (exact) mass is 221 g/mol. The third kappa shape index (κ3) is 3.29. The molecule has 3 heteroatoms. The Morgan fingerprint density at radius 3 is 2.29 bits per heavy atom. The molecule has 1 aromatic carbocycles. The largest absolute Gasteiger partial charge is 0.387 e. The zero-order valence-electron chi connectivity index (χ0n) is 8.60. The fraction of sp³-hybridized carbons (Fsp3) is 0.455. The van der Waals surface area contributed by atoms with Gasteiger partial charge in [-0.2, -0.15) is 0 Å². The molecule has 0 heterocycles. The number of likely N-dealkylation sites (N-methyl/N-ethyl adjacent to an activating group) is 1. The molecule has 0 bridgehead atoms. The van der Waals surface area contributed by atoms with Crippen molar-refractivity contribution < 1.29 is 5.11 Å². The van der Waals surface area contributed by atoms with E-state index in [4.69, 9.17) is 0 Å². The van der Waals surface area contributed by atoms with Gasteiger partial charge in [-0.1, -0.05) is 37.3 Å². The highest BCUT2D eigenvalue weighted by atomic mass is 35.5. The Labute approximate surface area is 91.8 Å². The van der Waals surface area contributed by atoms with Crippen LogP contribution in [-0.2, 0) is 0 Å². The van der Waals surface area contributed by atoms with Gasteiger partial charge in [0.2, 0.25) is 0 Å². The summed E-state index contributed by atoms with van der Waals surface area (Å²) in [6.45, 7) is 2.06. The number of rotatable bonds is 4. The lowest BCUT2D eigenvalue weighted by Crippen LogP contribution is -2.31. The van der Waals surface area contributed by atoms with E-state index in [1.807, 2.05) is 37.4 Å². The first-order chi connectivity index (χ1) is 6.29. The van der Waals surface area contributed by atoms with Gasteiger partial charge >= 0.3 is 0 Å². The highest BCUT2D eigenvalue weighted by Gasteiger charge is 2.16. The molecule has 0 amide bonds. The number of nitrogens with one attached hydrogen (secondary N) is 1. The molecule has 0 aliphatic rings. The van der Waals surface area contributed by atoms with Gasteiger partial charge in [-0.05, 0) is 19.0 Å². The van der Waals surface area contributed by atoms with E-state index in [0.717, 1.165) is 12.0 Å². The third-order valence-corrected chi connectivity index (χ3v) is 2.33. The molecule has 14 heavy (non-hydrogen) atoms. The molecule has 2 nitrogen and oxygen atoms in total. The van der Waals surface area contributed by atoms with Gasteiger partial charge in [0.05, 0.1) is 6.10 Å². The lowest BCUT2D eigenvalue weighted by atomic mass is 10.2. The van der Waals surface area contributed by atoms with Crippen LogP contribution in [0.25, 0.3) is 0 Å². The van der Waals surface area contributed by atoms with Crippen LogP contribution < -0.4 is 5.32 Å². The number of benzene rings is 1. The molecule has 80 valence electrons. The van der Waals surface area contributed by atoms with E-state index in [2.05, 4.69) is 12.2 Å². The molecular formula is C11H18ClNO. The van der Waals surface area contributed by atoms with E-state index in [9.17, 15) is 5.11 Å². The molecule has 0 fully saturated rings. The summed E-state index contributed by atoms with van der Waals surface area (Å²) >= 11 is 0. The molecular weight excluding hydrogens is 204 g/mol. The molecule has 2 atom stereocenters. The summed E-state index contributed by atoms with van der Waals surface area (Å²) in [4.78, 5) is 0. The van der Waals surface area contributed by atoms with Crippen molar-refractivity contribution in [2.75, 3.05) is 7.05 Å². The molecule has 0 saturated heterocycles. The minimum absolute atomic E-state index is 0. The average Bonchev–Trinajstić information content (AvgIpc) is 2.21. The zero-order valence-corrected chi connectivity index (χ0v) is 9.42. The van der Waals surface area contributed by atoms with Crippen LogP contribution in [-0.4, -0.2) is 18.2 Å². The molecule has 1 aromatic rings. The third-order valence-electron chi connectivity index (χ3n) is 2.33. The summed E-state index contributed by atoms with van der Waals surface area (Å²) in [5.41, 5.74) is 0.976. The lowest BCUT2D eigenvalue weighted by Gasteiger charge is -2.21. The van der Waals surface area contributed by atoms with Gasteiger partial charge in [-0.25, -0.2) is 0 Å². The molecule has 1 rings (SSSR count). The van der Waals surface area contributed by atoms with E-state index in [0.29, 0.717) is 0 Å². The van der Waals surface area contributed by atoms with Crippen LogP contribution in [0.2, 0.25) is 0 Å². The topological polar surface area (TPSA) is 32.3 Å². The van der Waals surface area contributed by atoms with Crippen molar-refractivity contribution in [1.82, 2.24) is 5.32 Å². The standard InChI is InChI=1S/C11H17NO.ClH/c1-3-10(12-2)11(13)9-7-5-4-6-8-9;/h4-8,10-13H,3H2,1-2H3;1H/i4+1,5+1,6+1,7+1,8+1,9+1;. The fourth-order valence-corrected chi connectivity index (χ4v) is 1.47. The van der Waals surface area contributed by atoms with Gasteiger partial charge < -0.3 is 10.4 Å². The van der Waals surface area contributed by atoms with Crippen LogP contribution in [0.1, 0.15) is 25.0 Å². The zero-order chi connectivity index (χ0) is 9.68. The first-order valence-corrected chi connectivity index (χ1v) is 4.69. The minimum Gasteiger partial charge on any atom is -0.387 e. The first-order valence-electron chi connectivity index (χ1n) is 4.69.